The van der Waals surface area contributed by atoms with Gasteiger partial charge in [-0.3, -0.25) is 0 Å². The van der Waals surface area contributed by atoms with E-state index in [9.17, 15) is 14.3 Å². The van der Waals surface area contributed by atoms with Crippen LogP contribution in [0.1, 0.15) is 13.3 Å². The number of aliphatic hydroxyl groups is 1. The number of aldehydes is 1. The zero-order chi connectivity index (χ0) is 12.2. The molecule has 1 aromatic rings. The van der Waals surface area contributed by atoms with E-state index < -0.39 is 5.54 Å². The number of rotatable bonds is 5. The van der Waals surface area contributed by atoms with Gasteiger partial charge in [-0.05, 0) is 30.7 Å². The van der Waals surface area contributed by atoms with Crippen LogP contribution >= 0.6 is 0 Å². The van der Waals surface area contributed by atoms with Gasteiger partial charge in [0, 0.05) is 12.7 Å². The van der Waals surface area contributed by atoms with Crippen LogP contribution in [0.5, 0.6) is 0 Å². The van der Waals surface area contributed by atoms with Crippen molar-refractivity contribution >= 4 is 12.0 Å². The monoisotopic (exact) mass is 225 g/mol. The second-order valence-electron chi connectivity index (χ2n) is 3.77. The minimum atomic E-state index is -0.933. The summed E-state index contributed by atoms with van der Waals surface area (Å²) in [6, 6.07) is 5.82. The molecule has 1 rings (SSSR count). The van der Waals surface area contributed by atoms with Crippen LogP contribution in [0.2, 0.25) is 0 Å². The molecule has 0 aromatic heterocycles. The zero-order valence-electron chi connectivity index (χ0n) is 9.48. The Balaban J connectivity index is 3.03. The van der Waals surface area contributed by atoms with E-state index in [1.807, 2.05) is 6.92 Å². The molecule has 1 unspecified atom stereocenters. The highest BCUT2D eigenvalue weighted by atomic mass is 19.1. The number of hydrogen-bond donors (Lipinski definition) is 1. The summed E-state index contributed by atoms with van der Waals surface area (Å²) in [5, 5.41) is 9.32. The summed E-state index contributed by atoms with van der Waals surface area (Å²) in [5.74, 6) is -0.325. The summed E-state index contributed by atoms with van der Waals surface area (Å²) in [6.45, 7) is 1.56. The van der Waals surface area contributed by atoms with Crippen molar-refractivity contribution < 1.29 is 14.3 Å². The highest BCUT2D eigenvalue weighted by molar-refractivity contribution is 5.72. The number of anilines is 1. The van der Waals surface area contributed by atoms with Crippen molar-refractivity contribution in [1.82, 2.24) is 0 Å². The number of carbonyl (C=O) groups is 1. The second kappa shape index (κ2) is 5.07. The van der Waals surface area contributed by atoms with Crippen LogP contribution in [-0.2, 0) is 4.79 Å². The molecule has 1 atom stereocenters. The summed E-state index contributed by atoms with van der Waals surface area (Å²) < 4.78 is 12.8. The maximum Gasteiger partial charge on any atom is 0.147 e. The standard InChI is InChI=1S/C12H16FNO2/c1-3-12(8-15,9-16)14(2)11-6-4-10(13)5-7-11/h4-8,16H,3,9H2,1-2H3. The first-order chi connectivity index (χ1) is 7.59. The number of hydrogen-bond acceptors (Lipinski definition) is 3. The Morgan fingerprint density at radius 3 is 2.38 bits per heavy atom. The molecule has 88 valence electrons. The predicted molar refractivity (Wildman–Crippen MR) is 61.0 cm³/mol. The maximum atomic E-state index is 12.8. The number of aliphatic hydroxyl groups excluding tert-OH is 1. The fourth-order valence-electron chi connectivity index (χ4n) is 1.58. The van der Waals surface area contributed by atoms with E-state index in [-0.39, 0.29) is 12.4 Å². The third-order valence-corrected chi connectivity index (χ3v) is 2.99. The van der Waals surface area contributed by atoms with E-state index in [4.69, 9.17) is 0 Å². The van der Waals surface area contributed by atoms with E-state index in [2.05, 4.69) is 0 Å². The molecule has 0 spiro atoms. The lowest BCUT2D eigenvalue weighted by Crippen LogP contribution is -2.51. The third-order valence-electron chi connectivity index (χ3n) is 2.99. The van der Waals surface area contributed by atoms with E-state index in [1.165, 1.54) is 12.1 Å². The largest absolute Gasteiger partial charge is 0.393 e. The highest BCUT2D eigenvalue weighted by Gasteiger charge is 2.32. The van der Waals surface area contributed by atoms with E-state index in [0.29, 0.717) is 12.1 Å². The first-order valence-electron chi connectivity index (χ1n) is 5.16. The first-order valence-corrected chi connectivity index (χ1v) is 5.16. The molecule has 1 aromatic carbocycles. The highest BCUT2D eigenvalue weighted by Crippen LogP contribution is 2.23. The Bertz CT molecular complexity index is 347. The molecular formula is C12H16FNO2. The van der Waals surface area contributed by atoms with Crippen molar-refractivity contribution in [3.05, 3.63) is 30.1 Å². The summed E-state index contributed by atoms with van der Waals surface area (Å²) in [5.41, 5.74) is -0.234. The van der Waals surface area contributed by atoms with E-state index in [1.54, 1.807) is 24.1 Å². The summed E-state index contributed by atoms with van der Waals surface area (Å²) >= 11 is 0. The molecule has 1 N–H and O–H groups in total. The second-order valence-corrected chi connectivity index (χ2v) is 3.77. The van der Waals surface area contributed by atoms with Crippen molar-refractivity contribution in [3.8, 4) is 0 Å². The van der Waals surface area contributed by atoms with Crippen LogP contribution in [-0.4, -0.2) is 30.6 Å². The lowest BCUT2D eigenvalue weighted by molar-refractivity contribution is -0.113. The molecule has 0 saturated heterocycles. The van der Waals surface area contributed by atoms with Crippen LogP contribution in [0, 0.1) is 5.82 Å². The molecule has 0 saturated carbocycles. The van der Waals surface area contributed by atoms with Gasteiger partial charge >= 0.3 is 0 Å². The molecule has 0 aliphatic heterocycles. The van der Waals surface area contributed by atoms with E-state index >= 15 is 0 Å². The van der Waals surface area contributed by atoms with Crippen molar-refractivity contribution in [2.24, 2.45) is 0 Å². The lowest BCUT2D eigenvalue weighted by Gasteiger charge is -2.36. The number of halogens is 1. The van der Waals surface area contributed by atoms with Crippen LogP contribution in [0.4, 0.5) is 10.1 Å². The van der Waals surface area contributed by atoms with Crippen molar-refractivity contribution in [2.45, 2.75) is 18.9 Å². The Labute approximate surface area is 94.5 Å². The van der Waals surface area contributed by atoms with Crippen LogP contribution in [0.25, 0.3) is 0 Å². The Hall–Kier alpha value is -1.42. The van der Waals surface area contributed by atoms with Gasteiger partial charge < -0.3 is 14.8 Å². The number of carbonyl (C=O) groups excluding carboxylic acids is 1. The van der Waals surface area contributed by atoms with Gasteiger partial charge in [-0.1, -0.05) is 6.92 Å². The van der Waals surface area contributed by atoms with Crippen molar-refractivity contribution in [1.29, 1.82) is 0 Å². The first kappa shape index (κ1) is 12.6. The molecule has 0 aliphatic carbocycles. The Kier molecular flexibility index (Phi) is 4.01. The molecule has 4 heteroatoms. The van der Waals surface area contributed by atoms with Gasteiger partial charge in [0.2, 0.25) is 0 Å². The van der Waals surface area contributed by atoms with Gasteiger partial charge in [0.25, 0.3) is 0 Å². The molecule has 0 fully saturated rings. The van der Waals surface area contributed by atoms with Crippen molar-refractivity contribution in [2.75, 3.05) is 18.6 Å². The van der Waals surface area contributed by atoms with Gasteiger partial charge in [-0.15, -0.1) is 0 Å². The topological polar surface area (TPSA) is 40.5 Å². The van der Waals surface area contributed by atoms with E-state index in [0.717, 1.165) is 6.29 Å². The average molecular weight is 225 g/mol. The van der Waals surface area contributed by atoms with Gasteiger partial charge in [0.15, 0.2) is 0 Å². The van der Waals surface area contributed by atoms with Gasteiger partial charge in [-0.2, -0.15) is 0 Å². The lowest BCUT2D eigenvalue weighted by atomic mass is 9.96. The Morgan fingerprint density at radius 2 is 2.00 bits per heavy atom. The minimum Gasteiger partial charge on any atom is -0.393 e. The number of benzene rings is 1. The SMILES string of the molecule is CCC(C=O)(CO)N(C)c1ccc(F)cc1. The summed E-state index contributed by atoms with van der Waals surface area (Å²) in [7, 11) is 1.71. The minimum absolute atomic E-state index is 0.263. The predicted octanol–water partition coefficient (Wildman–Crippen LogP) is 1.60. The molecule has 0 radical (unpaired) electrons. The number of likely N-dealkylation sites (N-methyl/N-ethyl adjacent to an activating group) is 1. The molecule has 0 amide bonds. The van der Waals surface area contributed by atoms with Crippen LogP contribution in [0.15, 0.2) is 24.3 Å². The van der Waals surface area contributed by atoms with Crippen LogP contribution < -0.4 is 4.90 Å². The fourth-order valence-corrected chi connectivity index (χ4v) is 1.58. The Morgan fingerprint density at radius 1 is 1.44 bits per heavy atom. The van der Waals surface area contributed by atoms with Crippen molar-refractivity contribution in [3.63, 3.8) is 0 Å². The molecule has 0 heterocycles. The average Bonchev–Trinajstić information content (AvgIpc) is 2.33. The number of nitrogens with zero attached hydrogens (tertiary/aromatic N) is 1. The molecule has 0 aliphatic rings. The zero-order valence-corrected chi connectivity index (χ0v) is 9.48. The molecular weight excluding hydrogens is 209 g/mol. The summed E-state index contributed by atoms with van der Waals surface area (Å²) in [4.78, 5) is 12.8. The molecule has 0 bridgehead atoms. The van der Waals surface area contributed by atoms with Crippen LogP contribution in [0.3, 0.4) is 0 Å². The summed E-state index contributed by atoms with van der Waals surface area (Å²) in [6.07, 6.45) is 1.22. The van der Waals surface area contributed by atoms with Gasteiger partial charge in [0.1, 0.15) is 17.6 Å². The molecule has 3 nitrogen and oxygen atoms in total. The third kappa shape index (κ3) is 2.22. The van der Waals surface area contributed by atoms with Gasteiger partial charge in [-0.25, -0.2) is 4.39 Å². The normalized spacial score (nSPS) is 14.2. The molecule has 16 heavy (non-hydrogen) atoms. The van der Waals surface area contributed by atoms with Gasteiger partial charge in [0.05, 0.1) is 6.61 Å². The fraction of sp³-hybridized carbons (Fsp3) is 0.417. The maximum absolute atomic E-state index is 12.8. The quantitative estimate of drug-likeness (QED) is 0.774. The smallest absolute Gasteiger partial charge is 0.147 e.